The summed E-state index contributed by atoms with van der Waals surface area (Å²) in [5.41, 5.74) is -1.01. The maximum absolute atomic E-state index is 12.8. The van der Waals surface area contributed by atoms with Gasteiger partial charge in [-0.05, 0) is 31.2 Å². The van der Waals surface area contributed by atoms with Crippen molar-refractivity contribution in [2.45, 2.75) is 24.8 Å². The van der Waals surface area contributed by atoms with E-state index in [2.05, 4.69) is 17.2 Å². The fraction of sp³-hybridized carbons (Fsp3) is 0.364. The van der Waals surface area contributed by atoms with Crippen LogP contribution in [0.4, 0.5) is 5.69 Å². The maximum atomic E-state index is 12.8. The molecule has 3 rings (SSSR count). The molecule has 0 radical (unpaired) electrons. The number of phenols is 1. The quantitative estimate of drug-likeness (QED) is 0.265. The molecule has 1 aliphatic rings. The Morgan fingerprint density at radius 3 is 2.38 bits per heavy atom. The van der Waals surface area contributed by atoms with Gasteiger partial charge in [0.1, 0.15) is 16.4 Å². The minimum Gasteiger partial charge on any atom is -0.504 e. The molecule has 0 bridgehead atoms. The summed E-state index contributed by atoms with van der Waals surface area (Å²) >= 11 is 5.99. The van der Waals surface area contributed by atoms with E-state index < -0.39 is 43.8 Å². The third-order valence-corrected chi connectivity index (χ3v) is 7.79. The van der Waals surface area contributed by atoms with Crippen LogP contribution in [0.2, 0.25) is 5.02 Å². The highest BCUT2D eigenvalue weighted by atomic mass is 35.5. The average molecular weight is 512 g/mol. The zero-order chi connectivity index (χ0) is 25.4. The Labute approximate surface area is 202 Å². The van der Waals surface area contributed by atoms with Crippen LogP contribution in [-0.2, 0) is 24.3 Å². The van der Waals surface area contributed by atoms with Gasteiger partial charge in [-0.15, -0.1) is 0 Å². The zero-order valence-electron chi connectivity index (χ0n) is 19.1. The Morgan fingerprint density at radius 1 is 1.24 bits per heavy atom. The number of aryl methyl sites for hydroxylation is 1. The number of carbonyl (C=O) groups excluding carboxylic acids is 2. The number of nitrogens with one attached hydrogen (secondary N) is 2. The summed E-state index contributed by atoms with van der Waals surface area (Å²) in [6.07, 6.45) is 0. The maximum Gasteiger partial charge on any atom is 0.294 e. The lowest BCUT2D eigenvalue weighted by Gasteiger charge is -2.43. The molecule has 0 saturated carbocycles. The van der Waals surface area contributed by atoms with Crippen LogP contribution in [-0.4, -0.2) is 56.8 Å². The van der Waals surface area contributed by atoms with Gasteiger partial charge in [0.05, 0.1) is 35.7 Å². The Hall–Kier alpha value is -2.86. The van der Waals surface area contributed by atoms with E-state index in [1.54, 1.807) is 19.1 Å². The molecule has 2 aromatic rings. The largest absolute Gasteiger partial charge is 0.504 e. The normalized spacial score (nSPS) is 15.9. The van der Waals surface area contributed by atoms with Crippen molar-refractivity contribution in [2.24, 2.45) is 5.41 Å². The highest BCUT2D eigenvalue weighted by molar-refractivity contribution is 7.89. The van der Waals surface area contributed by atoms with Crippen LogP contribution in [0.1, 0.15) is 24.5 Å². The second kappa shape index (κ2) is 9.41. The molecular formula is C22H26ClN3O7S. The van der Waals surface area contributed by atoms with Crippen molar-refractivity contribution in [3.05, 3.63) is 53.1 Å². The molecule has 10 nitrogen and oxygen atoms in total. The van der Waals surface area contributed by atoms with E-state index in [1.807, 2.05) is 6.92 Å². The first-order chi connectivity index (χ1) is 15.8. The first kappa shape index (κ1) is 25.8. The van der Waals surface area contributed by atoms with Crippen LogP contribution in [0, 0.1) is 12.3 Å². The van der Waals surface area contributed by atoms with Crippen LogP contribution in [0.3, 0.4) is 0 Å². The van der Waals surface area contributed by atoms with Crippen molar-refractivity contribution in [3.63, 3.8) is 0 Å². The Bertz CT molecular complexity index is 1250. The van der Waals surface area contributed by atoms with Gasteiger partial charge in [0.2, 0.25) is 10.0 Å². The first-order valence-electron chi connectivity index (χ1n) is 10.2. The van der Waals surface area contributed by atoms with Gasteiger partial charge in [-0.3, -0.25) is 9.59 Å². The molecule has 12 heteroatoms. The Kier molecular flexibility index (Phi) is 7.13. The zero-order valence-corrected chi connectivity index (χ0v) is 20.7. The van der Waals surface area contributed by atoms with Crippen LogP contribution in [0.25, 0.3) is 0 Å². The molecule has 1 aromatic carbocycles. The van der Waals surface area contributed by atoms with Crippen molar-refractivity contribution in [1.82, 2.24) is 9.62 Å². The van der Waals surface area contributed by atoms with Crippen LogP contribution >= 0.6 is 11.6 Å². The molecule has 1 aliphatic heterocycles. The molecule has 1 fully saturated rings. The number of rotatable bonds is 9. The third-order valence-electron chi connectivity index (χ3n) is 5.47. The molecule has 0 spiro atoms. The Morgan fingerprint density at radius 2 is 1.88 bits per heavy atom. The van der Waals surface area contributed by atoms with Gasteiger partial charge in [-0.2, -0.15) is 0 Å². The Balaban J connectivity index is 1.81. The summed E-state index contributed by atoms with van der Waals surface area (Å²) in [6.45, 7) is 7.97. The molecule has 1 amide bonds. The fourth-order valence-electron chi connectivity index (χ4n) is 3.42. The number of amides is 1. The number of ketones is 1. The number of phenolic OH excluding ortho intramolecular Hbond substituents is 1. The molecule has 1 atom stereocenters. The number of nitrogens with zero attached hydrogens (tertiary/aromatic N) is 1. The smallest absolute Gasteiger partial charge is 0.294 e. The second-order valence-corrected chi connectivity index (χ2v) is 11.0. The molecular weight excluding hydrogens is 486 g/mol. The number of halogens is 1. The summed E-state index contributed by atoms with van der Waals surface area (Å²) in [6, 6.07) is 5.36. The van der Waals surface area contributed by atoms with E-state index >= 15 is 0 Å². The summed E-state index contributed by atoms with van der Waals surface area (Å²) in [7, 11) is -1.53. The predicted molar refractivity (Wildman–Crippen MR) is 125 cm³/mol. The lowest BCUT2D eigenvalue weighted by atomic mass is 9.79. The third kappa shape index (κ3) is 4.83. The molecule has 2 heterocycles. The van der Waals surface area contributed by atoms with Gasteiger partial charge in [-0.1, -0.05) is 25.1 Å². The van der Waals surface area contributed by atoms with Crippen molar-refractivity contribution < 1.29 is 32.3 Å². The topological polar surface area (TPSA) is 138 Å². The monoisotopic (exact) mass is 511 g/mol. The number of hydrogen-bond donors (Lipinski definition) is 3. The molecule has 184 valence electrons. The van der Waals surface area contributed by atoms with Crippen molar-refractivity contribution in [1.29, 1.82) is 0 Å². The summed E-state index contributed by atoms with van der Waals surface area (Å²) in [4.78, 5) is 25.0. The van der Waals surface area contributed by atoms with Gasteiger partial charge >= 0.3 is 0 Å². The average Bonchev–Trinajstić information content (AvgIpc) is 3.17. The number of aromatic hydroxyl groups is 1. The van der Waals surface area contributed by atoms with Gasteiger partial charge in [-0.25, -0.2) is 12.7 Å². The van der Waals surface area contributed by atoms with Gasteiger partial charge in [0, 0.05) is 19.5 Å². The number of Topliss-reactive ketones (excluding diaryl/α,β-unsaturated/α-hetero) is 1. The number of ether oxygens (including phenoxy) is 1. The number of sulfonamides is 1. The summed E-state index contributed by atoms with van der Waals surface area (Å²) in [5.74, 6) is -1.55. The summed E-state index contributed by atoms with van der Waals surface area (Å²) < 4.78 is 36.9. The molecule has 1 saturated heterocycles. The van der Waals surface area contributed by atoms with Gasteiger partial charge in [0.15, 0.2) is 5.75 Å². The second-order valence-electron chi connectivity index (χ2n) is 8.49. The molecule has 3 N–H and O–H groups in total. The molecule has 34 heavy (non-hydrogen) atoms. The van der Waals surface area contributed by atoms with Crippen LogP contribution in [0.5, 0.6) is 5.75 Å². The highest BCUT2D eigenvalue weighted by Gasteiger charge is 2.45. The number of furan rings is 1. The molecule has 1 aromatic heterocycles. The van der Waals surface area contributed by atoms with Crippen molar-refractivity contribution in [2.75, 3.05) is 32.6 Å². The van der Waals surface area contributed by atoms with E-state index in [4.69, 9.17) is 20.8 Å². The minimum absolute atomic E-state index is 0.159. The minimum atomic E-state index is -4.10. The van der Waals surface area contributed by atoms with E-state index in [0.717, 1.165) is 4.31 Å². The van der Waals surface area contributed by atoms with E-state index in [9.17, 15) is 23.1 Å². The number of anilines is 1. The van der Waals surface area contributed by atoms with Crippen LogP contribution in [0.15, 0.2) is 45.9 Å². The van der Waals surface area contributed by atoms with E-state index in [1.165, 1.54) is 26.2 Å². The standard InChI is InChI=1S/C22H26ClN3O7S/c1-12-6-9-16(33-12)20(22(3)10-32-11-22)25-21(29)17(27)13(2)24-15-8-7-14(23)19(18(15)28)34(30,31)26(4)5/h6-9,20,24,28H,2,10-11H2,1,3-5H3,(H,25,29). The highest BCUT2D eigenvalue weighted by Crippen LogP contribution is 2.41. The number of carbonyl (C=O) groups is 2. The number of hydrogen-bond acceptors (Lipinski definition) is 8. The lowest BCUT2D eigenvalue weighted by molar-refractivity contribution is -0.145. The number of benzene rings is 1. The summed E-state index contributed by atoms with van der Waals surface area (Å²) in [5, 5.41) is 15.5. The van der Waals surface area contributed by atoms with E-state index in [0.29, 0.717) is 24.7 Å². The van der Waals surface area contributed by atoms with Crippen molar-refractivity contribution >= 4 is 39.0 Å². The predicted octanol–water partition coefficient (Wildman–Crippen LogP) is 2.59. The van der Waals surface area contributed by atoms with Crippen LogP contribution < -0.4 is 10.6 Å². The van der Waals surface area contributed by atoms with Gasteiger partial charge < -0.3 is 24.9 Å². The van der Waals surface area contributed by atoms with E-state index in [-0.39, 0.29) is 16.4 Å². The molecule has 1 unspecified atom stereocenters. The molecule has 0 aliphatic carbocycles. The van der Waals surface area contributed by atoms with Crippen molar-refractivity contribution in [3.8, 4) is 5.75 Å². The fourth-order valence-corrected chi connectivity index (χ4v) is 4.90. The lowest BCUT2D eigenvalue weighted by Crippen LogP contribution is -2.52. The van der Waals surface area contributed by atoms with Gasteiger partial charge in [0.25, 0.3) is 11.7 Å². The first-order valence-corrected chi connectivity index (χ1v) is 12.0. The SMILES string of the molecule is C=C(Nc1ccc(Cl)c(S(=O)(=O)N(C)C)c1O)C(=O)C(=O)NC(c1ccc(C)o1)C1(C)COC1.